The standard InChI is InChI=1S/C13H17NO2/c1-16-10-11-5-7-12(8-6-11)14-9-3-2-4-13(14)15/h5-8H,2-4,9-10H2,1H3. The van der Waals surface area contributed by atoms with Crippen LogP contribution in [0.5, 0.6) is 0 Å². The fourth-order valence-electron chi connectivity index (χ4n) is 2.02. The van der Waals surface area contributed by atoms with Crippen molar-refractivity contribution < 1.29 is 9.53 Å². The minimum absolute atomic E-state index is 0.241. The number of rotatable bonds is 3. The Morgan fingerprint density at radius 2 is 2.00 bits per heavy atom. The van der Waals surface area contributed by atoms with Crippen LogP contribution in [-0.2, 0) is 16.1 Å². The van der Waals surface area contributed by atoms with Crippen LogP contribution in [0, 0.1) is 0 Å². The summed E-state index contributed by atoms with van der Waals surface area (Å²) >= 11 is 0. The molecule has 1 fully saturated rings. The van der Waals surface area contributed by atoms with Crippen molar-refractivity contribution in [2.24, 2.45) is 0 Å². The molecule has 1 amide bonds. The number of ether oxygens (including phenoxy) is 1. The number of benzene rings is 1. The molecule has 0 atom stereocenters. The molecule has 0 aromatic heterocycles. The van der Waals surface area contributed by atoms with Crippen LogP contribution in [-0.4, -0.2) is 19.6 Å². The molecule has 3 nitrogen and oxygen atoms in total. The maximum atomic E-state index is 11.7. The molecule has 3 heteroatoms. The van der Waals surface area contributed by atoms with Gasteiger partial charge in [-0.05, 0) is 30.5 Å². The van der Waals surface area contributed by atoms with Gasteiger partial charge in [-0.15, -0.1) is 0 Å². The number of methoxy groups -OCH3 is 1. The van der Waals surface area contributed by atoms with E-state index in [1.165, 1.54) is 0 Å². The minimum Gasteiger partial charge on any atom is -0.380 e. The van der Waals surface area contributed by atoms with Gasteiger partial charge in [0.1, 0.15) is 0 Å². The summed E-state index contributed by atoms with van der Waals surface area (Å²) in [6.45, 7) is 1.47. The second kappa shape index (κ2) is 5.12. The number of carbonyl (C=O) groups excluding carboxylic acids is 1. The highest BCUT2D eigenvalue weighted by atomic mass is 16.5. The third-order valence-electron chi connectivity index (χ3n) is 2.88. The van der Waals surface area contributed by atoms with E-state index in [1.807, 2.05) is 29.2 Å². The van der Waals surface area contributed by atoms with Gasteiger partial charge in [0.2, 0.25) is 5.91 Å². The summed E-state index contributed by atoms with van der Waals surface area (Å²) in [5, 5.41) is 0. The third-order valence-corrected chi connectivity index (χ3v) is 2.88. The molecule has 1 aromatic carbocycles. The third kappa shape index (κ3) is 2.42. The molecule has 0 unspecified atom stereocenters. The van der Waals surface area contributed by atoms with E-state index in [2.05, 4.69) is 0 Å². The molecule has 0 bridgehead atoms. The van der Waals surface area contributed by atoms with Gasteiger partial charge in [-0.25, -0.2) is 0 Å². The second-order valence-electron chi connectivity index (χ2n) is 4.10. The smallest absolute Gasteiger partial charge is 0.226 e. The fourth-order valence-corrected chi connectivity index (χ4v) is 2.02. The lowest BCUT2D eigenvalue weighted by molar-refractivity contribution is -0.119. The van der Waals surface area contributed by atoms with Crippen LogP contribution < -0.4 is 4.90 Å². The lowest BCUT2D eigenvalue weighted by Gasteiger charge is -2.26. The van der Waals surface area contributed by atoms with Crippen LogP contribution in [0.2, 0.25) is 0 Å². The lowest BCUT2D eigenvalue weighted by Crippen LogP contribution is -2.35. The Morgan fingerprint density at radius 3 is 2.62 bits per heavy atom. The molecule has 1 saturated heterocycles. The number of hydrogen-bond acceptors (Lipinski definition) is 2. The molecule has 0 spiro atoms. The Balaban J connectivity index is 2.11. The number of amides is 1. The SMILES string of the molecule is COCc1ccc(N2CCCCC2=O)cc1. The van der Waals surface area contributed by atoms with E-state index in [9.17, 15) is 4.79 Å². The van der Waals surface area contributed by atoms with E-state index in [1.54, 1.807) is 7.11 Å². The zero-order chi connectivity index (χ0) is 11.4. The van der Waals surface area contributed by atoms with Crippen LogP contribution >= 0.6 is 0 Å². The predicted octanol–water partition coefficient (Wildman–Crippen LogP) is 2.35. The monoisotopic (exact) mass is 219 g/mol. The number of anilines is 1. The zero-order valence-corrected chi connectivity index (χ0v) is 9.61. The molecule has 0 N–H and O–H groups in total. The molecule has 0 radical (unpaired) electrons. The first-order valence-electron chi connectivity index (χ1n) is 5.69. The Bertz CT molecular complexity index is 359. The maximum Gasteiger partial charge on any atom is 0.226 e. The first-order chi connectivity index (χ1) is 7.81. The van der Waals surface area contributed by atoms with Crippen molar-refractivity contribution in [3.63, 3.8) is 0 Å². The van der Waals surface area contributed by atoms with Crippen molar-refractivity contribution in [3.05, 3.63) is 29.8 Å². The molecule has 1 aromatic rings. The van der Waals surface area contributed by atoms with Gasteiger partial charge >= 0.3 is 0 Å². The molecule has 1 aliphatic rings. The summed E-state index contributed by atoms with van der Waals surface area (Å²) in [5.74, 6) is 0.241. The first-order valence-corrected chi connectivity index (χ1v) is 5.69. The van der Waals surface area contributed by atoms with Gasteiger partial charge in [0.25, 0.3) is 0 Å². The Hall–Kier alpha value is -1.35. The normalized spacial score (nSPS) is 16.6. The number of hydrogen-bond donors (Lipinski definition) is 0. The van der Waals surface area contributed by atoms with Gasteiger partial charge in [0.05, 0.1) is 6.61 Å². The molecule has 0 saturated carbocycles. The molecule has 16 heavy (non-hydrogen) atoms. The van der Waals surface area contributed by atoms with Gasteiger partial charge in [-0.2, -0.15) is 0 Å². The van der Waals surface area contributed by atoms with Crippen molar-refractivity contribution in [1.82, 2.24) is 0 Å². The average molecular weight is 219 g/mol. The maximum absolute atomic E-state index is 11.7. The van der Waals surface area contributed by atoms with Crippen LogP contribution in [0.4, 0.5) is 5.69 Å². The Labute approximate surface area is 96.0 Å². The van der Waals surface area contributed by atoms with E-state index < -0.39 is 0 Å². The molecule has 2 rings (SSSR count). The van der Waals surface area contributed by atoms with E-state index >= 15 is 0 Å². The molecular formula is C13H17NO2. The van der Waals surface area contributed by atoms with Gasteiger partial charge in [0.15, 0.2) is 0 Å². The molecule has 86 valence electrons. The van der Waals surface area contributed by atoms with E-state index in [4.69, 9.17) is 4.74 Å². The largest absolute Gasteiger partial charge is 0.380 e. The highest BCUT2D eigenvalue weighted by molar-refractivity contribution is 5.93. The fraction of sp³-hybridized carbons (Fsp3) is 0.462. The predicted molar refractivity (Wildman–Crippen MR) is 63.4 cm³/mol. The Kier molecular flexibility index (Phi) is 3.57. The van der Waals surface area contributed by atoms with Crippen LogP contribution in [0.15, 0.2) is 24.3 Å². The lowest BCUT2D eigenvalue weighted by atomic mass is 10.1. The van der Waals surface area contributed by atoms with Crippen molar-refractivity contribution in [2.75, 3.05) is 18.6 Å². The second-order valence-corrected chi connectivity index (χ2v) is 4.10. The van der Waals surface area contributed by atoms with E-state index in [0.717, 1.165) is 30.6 Å². The van der Waals surface area contributed by atoms with Gasteiger partial charge in [0, 0.05) is 25.8 Å². The molecule has 1 heterocycles. The van der Waals surface area contributed by atoms with Crippen molar-refractivity contribution in [2.45, 2.75) is 25.9 Å². The summed E-state index contributed by atoms with van der Waals surface area (Å²) in [6.07, 6.45) is 2.81. The summed E-state index contributed by atoms with van der Waals surface area (Å²) in [6, 6.07) is 8.02. The van der Waals surface area contributed by atoms with Crippen LogP contribution in [0.1, 0.15) is 24.8 Å². The van der Waals surface area contributed by atoms with E-state index in [0.29, 0.717) is 13.0 Å². The topological polar surface area (TPSA) is 29.5 Å². The highest BCUT2D eigenvalue weighted by Crippen LogP contribution is 2.21. The molecular weight excluding hydrogens is 202 g/mol. The summed E-state index contributed by atoms with van der Waals surface area (Å²) in [4.78, 5) is 13.6. The average Bonchev–Trinajstić information content (AvgIpc) is 2.31. The summed E-state index contributed by atoms with van der Waals surface area (Å²) < 4.78 is 5.05. The number of piperidine rings is 1. The van der Waals surface area contributed by atoms with Gasteiger partial charge in [-0.1, -0.05) is 12.1 Å². The van der Waals surface area contributed by atoms with Crippen molar-refractivity contribution in [3.8, 4) is 0 Å². The van der Waals surface area contributed by atoms with Crippen LogP contribution in [0.25, 0.3) is 0 Å². The van der Waals surface area contributed by atoms with E-state index in [-0.39, 0.29) is 5.91 Å². The minimum atomic E-state index is 0.241. The van der Waals surface area contributed by atoms with Gasteiger partial charge < -0.3 is 9.64 Å². The van der Waals surface area contributed by atoms with Crippen LogP contribution in [0.3, 0.4) is 0 Å². The Morgan fingerprint density at radius 1 is 1.25 bits per heavy atom. The molecule has 0 aliphatic carbocycles. The van der Waals surface area contributed by atoms with Crippen molar-refractivity contribution >= 4 is 11.6 Å². The number of nitrogens with zero attached hydrogens (tertiary/aromatic N) is 1. The highest BCUT2D eigenvalue weighted by Gasteiger charge is 2.19. The summed E-state index contributed by atoms with van der Waals surface area (Å²) in [5.41, 5.74) is 2.14. The first kappa shape index (κ1) is 11.1. The quantitative estimate of drug-likeness (QED) is 0.781. The van der Waals surface area contributed by atoms with Gasteiger partial charge in [-0.3, -0.25) is 4.79 Å². The summed E-state index contributed by atoms with van der Waals surface area (Å²) in [7, 11) is 1.68. The zero-order valence-electron chi connectivity index (χ0n) is 9.61. The number of carbonyl (C=O) groups is 1. The van der Waals surface area contributed by atoms with Crippen molar-refractivity contribution in [1.29, 1.82) is 0 Å². The molecule has 1 aliphatic heterocycles.